The van der Waals surface area contributed by atoms with Crippen LogP contribution >= 0.6 is 0 Å². The van der Waals surface area contributed by atoms with Crippen molar-refractivity contribution in [3.63, 3.8) is 0 Å². The van der Waals surface area contributed by atoms with Crippen molar-refractivity contribution in [2.45, 2.75) is 110 Å². The average molecular weight is 282 g/mol. The van der Waals surface area contributed by atoms with E-state index in [4.69, 9.17) is 0 Å². The lowest BCUT2D eigenvalue weighted by atomic mass is 9.74. The first-order valence-electron chi connectivity index (χ1n) is 9.52. The van der Waals surface area contributed by atoms with Crippen molar-refractivity contribution < 1.29 is 0 Å². The zero-order valence-electron chi connectivity index (χ0n) is 14.5. The summed E-state index contributed by atoms with van der Waals surface area (Å²) in [6.07, 6.45) is 18.5. The number of nitrogens with one attached hydrogen (secondary N) is 1. The Morgan fingerprint density at radius 1 is 0.850 bits per heavy atom. The fourth-order valence-corrected chi connectivity index (χ4v) is 4.10. The van der Waals surface area contributed by atoms with Crippen LogP contribution in [0.4, 0.5) is 0 Å². The van der Waals surface area contributed by atoms with Crippen LogP contribution in [-0.4, -0.2) is 12.6 Å². The standard InChI is InChI=1S/C19H39N/c1-4-7-8-9-10-11-14-18(20-17-5-2)19(6-3)15-12-13-16-19/h18,20H,4-17H2,1-3H3. The molecule has 1 atom stereocenters. The predicted molar refractivity (Wildman–Crippen MR) is 91.3 cm³/mol. The fourth-order valence-electron chi connectivity index (χ4n) is 4.10. The minimum atomic E-state index is 0.637. The Hall–Kier alpha value is -0.0400. The van der Waals surface area contributed by atoms with E-state index in [-0.39, 0.29) is 0 Å². The zero-order valence-corrected chi connectivity index (χ0v) is 14.5. The first-order chi connectivity index (χ1) is 9.79. The van der Waals surface area contributed by atoms with E-state index < -0.39 is 0 Å². The van der Waals surface area contributed by atoms with Gasteiger partial charge in [0.25, 0.3) is 0 Å². The van der Waals surface area contributed by atoms with Crippen molar-refractivity contribution in [2.75, 3.05) is 6.54 Å². The van der Waals surface area contributed by atoms with Crippen molar-refractivity contribution in [2.24, 2.45) is 5.41 Å². The van der Waals surface area contributed by atoms with Crippen molar-refractivity contribution >= 4 is 0 Å². The normalized spacial score (nSPS) is 19.4. The lowest BCUT2D eigenvalue weighted by Gasteiger charge is -2.38. The fraction of sp³-hybridized carbons (Fsp3) is 1.00. The van der Waals surface area contributed by atoms with E-state index in [9.17, 15) is 0 Å². The Morgan fingerprint density at radius 3 is 2.10 bits per heavy atom. The third kappa shape index (κ3) is 5.76. The first-order valence-corrected chi connectivity index (χ1v) is 9.52. The Bertz CT molecular complexity index is 218. The van der Waals surface area contributed by atoms with Crippen molar-refractivity contribution in [3.8, 4) is 0 Å². The summed E-state index contributed by atoms with van der Waals surface area (Å²) in [6.45, 7) is 8.23. The molecule has 120 valence electrons. The molecule has 1 N–H and O–H groups in total. The summed E-state index contributed by atoms with van der Waals surface area (Å²) in [5.74, 6) is 0. The van der Waals surface area contributed by atoms with Gasteiger partial charge in [0.1, 0.15) is 0 Å². The maximum absolute atomic E-state index is 3.91. The van der Waals surface area contributed by atoms with E-state index in [2.05, 4.69) is 26.1 Å². The largest absolute Gasteiger partial charge is 0.313 e. The van der Waals surface area contributed by atoms with Gasteiger partial charge in [-0.1, -0.05) is 72.1 Å². The molecule has 1 fully saturated rings. The van der Waals surface area contributed by atoms with Crippen molar-refractivity contribution in [1.82, 2.24) is 5.32 Å². The van der Waals surface area contributed by atoms with Gasteiger partial charge in [0.15, 0.2) is 0 Å². The molecule has 0 aromatic carbocycles. The van der Waals surface area contributed by atoms with Crippen LogP contribution in [-0.2, 0) is 0 Å². The maximum Gasteiger partial charge on any atom is 0.0123 e. The van der Waals surface area contributed by atoms with E-state index in [0.717, 1.165) is 6.04 Å². The molecule has 1 nitrogen and oxygen atoms in total. The molecule has 0 amide bonds. The van der Waals surface area contributed by atoms with E-state index >= 15 is 0 Å². The monoisotopic (exact) mass is 281 g/mol. The van der Waals surface area contributed by atoms with Gasteiger partial charge in [0.2, 0.25) is 0 Å². The quantitative estimate of drug-likeness (QED) is 0.428. The Labute approximate surface area is 128 Å². The molecule has 0 aromatic rings. The summed E-state index contributed by atoms with van der Waals surface area (Å²) < 4.78 is 0. The Morgan fingerprint density at radius 2 is 1.50 bits per heavy atom. The second-order valence-electron chi connectivity index (χ2n) is 6.99. The number of hydrogen-bond donors (Lipinski definition) is 1. The van der Waals surface area contributed by atoms with Crippen molar-refractivity contribution in [3.05, 3.63) is 0 Å². The molecule has 0 heterocycles. The molecule has 0 aromatic heterocycles. The molecule has 0 radical (unpaired) electrons. The molecule has 1 unspecified atom stereocenters. The second kappa shape index (κ2) is 10.7. The van der Waals surface area contributed by atoms with E-state index in [0.29, 0.717) is 5.41 Å². The third-order valence-corrected chi connectivity index (χ3v) is 5.53. The first kappa shape index (κ1) is 18.0. The van der Waals surface area contributed by atoms with Gasteiger partial charge in [0, 0.05) is 6.04 Å². The average Bonchev–Trinajstić information content (AvgIpc) is 2.95. The highest BCUT2D eigenvalue weighted by molar-refractivity contribution is 4.93. The molecule has 0 bridgehead atoms. The summed E-state index contributed by atoms with van der Waals surface area (Å²) in [5, 5.41) is 3.91. The van der Waals surface area contributed by atoms with Crippen LogP contribution in [0, 0.1) is 5.41 Å². The van der Waals surface area contributed by atoms with Crippen LogP contribution in [0.3, 0.4) is 0 Å². The topological polar surface area (TPSA) is 12.0 Å². The van der Waals surface area contributed by atoms with Gasteiger partial charge in [-0.25, -0.2) is 0 Å². The Kier molecular flexibility index (Phi) is 9.59. The highest BCUT2D eigenvalue weighted by atomic mass is 14.9. The van der Waals surface area contributed by atoms with Crippen molar-refractivity contribution in [1.29, 1.82) is 0 Å². The lowest BCUT2D eigenvalue weighted by Crippen LogP contribution is -2.44. The second-order valence-corrected chi connectivity index (χ2v) is 6.99. The van der Waals surface area contributed by atoms with Gasteiger partial charge >= 0.3 is 0 Å². The molecule has 20 heavy (non-hydrogen) atoms. The summed E-state index contributed by atoms with van der Waals surface area (Å²) in [6, 6.07) is 0.793. The maximum atomic E-state index is 3.91. The van der Waals surface area contributed by atoms with Crippen LogP contribution in [0.1, 0.15) is 104 Å². The van der Waals surface area contributed by atoms with Crippen LogP contribution in [0.5, 0.6) is 0 Å². The lowest BCUT2D eigenvalue weighted by molar-refractivity contribution is 0.173. The molecule has 0 aliphatic heterocycles. The van der Waals surface area contributed by atoms with Gasteiger partial charge in [0.05, 0.1) is 0 Å². The molecule has 1 aliphatic carbocycles. The Balaban J connectivity index is 2.35. The molecule has 1 aliphatic rings. The third-order valence-electron chi connectivity index (χ3n) is 5.53. The van der Waals surface area contributed by atoms with Gasteiger partial charge in [-0.05, 0) is 44.1 Å². The predicted octanol–water partition coefficient (Wildman–Crippen LogP) is 6.08. The van der Waals surface area contributed by atoms with Crippen LogP contribution < -0.4 is 5.32 Å². The van der Waals surface area contributed by atoms with Gasteiger partial charge in [-0.15, -0.1) is 0 Å². The highest BCUT2D eigenvalue weighted by Gasteiger charge is 2.38. The molecule has 0 spiro atoms. The molecular formula is C19H39N. The molecular weight excluding hydrogens is 242 g/mol. The minimum absolute atomic E-state index is 0.637. The van der Waals surface area contributed by atoms with E-state index in [1.165, 1.54) is 90.0 Å². The van der Waals surface area contributed by atoms with E-state index in [1.54, 1.807) is 0 Å². The minimum Gasteiger partial charge on any atom is -0.313 e. The summed E-state index contributed by atoms with van der Waals surface area (Å²) in [5.41, 5.74) is 0.637. The number of hydrogen-bond acceptors (Lipinski definition) is 1. The zero-order chi connectivity index (χ0) is 14.7. The summed E-state index contributed by atoms with van der Waals surface area (Å²) in [7, 11) is 0. The summed E-state index contributed by atoms with van der Waals surface area (Å²) >= 11 is 0. The van der Waals surface area contributed by atoms with Gasteiger partial charge in [-0.2, -0.15) is 0 Å². The van der Waals surface area contributed by atoms with Crippen LogP contribution in [0.25, 0.3) is 0 Å². The van der Waals surface area contributed by atoms with Crippen LogP contribution in [0.2, 0.25) is 0 Å². The molecule has 1 rings (SSSR count). The summed E-state index contributed by atoms with van der Waals surface area (Å²) in [4.78, 5) is 0. The smallest absolute Gasteiger partial charge is 0.0123 e. The van der Waals surface area contributed by atoms with Gasteiger partial charge < -0.3 is 5.32 Å². The SMILES string of the molecule is CCCCCCCCC(NCCC)C1(CC)CCCC1. The van der Waals surface area contributed by atoms with Gasteiger partial charge in [-0.3, -0.25) is 0 Å². The van der Waals surface area contributed by atoms with Crippen LogP contribution in [0.15, 0.2) is 0 Å². The van der Waals surface area contributed by atoms with E-state index in [1.807, 2.05) is 0 Å². The number of unbranched alkanes of at least 4 members (excludes halogenated alkanes) is 5. The number of rotatable bonds is 12. The molecule has 0 saturated heterocycles. The highest BCUT2D eigenvalue weighted by Crippen LogP contribution is 2.45. The molecule has 1 saturated carbocycles. The molecule has 1 heteroatoms.